The molecule has 0 saturated carbocycles. The molecule has 2 aliphatic heterocycles. The Morgan fingerprint density at radius 2 is 1.11 bits per heavy atom. The predicted octanol–water partition coefficient (Wildman–Crippen LogP) is 13.4. The summed E-state index contributed by atoms with van der Waals surface area (Å²) in [5, 5.41) is 11.3. The van der Waals surface area contributed by atoms with Crippen LogP contribution >= 0.6 is 0 Å². The third-order valence-electron chi connectivity index (χ3n) is 11.2. The maximum Gasteiger partial charge on any atom is 0.134 e. The van der Waals surface area contributed by atoms with Gasteiger partial charge in [0.1, 0.15) is 5.84 Å². The third-order valence-corrected chi connectivity index (χ3v) is 11.2. The van der Waals surface area contributed by atoms with Crippen LogP contribution in [-0.4, -0.2) is 5.84 Å². The molecule has 2 heterocycles. The van der Waals surface area contributed by atoms with Gasteiger partial charge in [0.05, 0.1) is 23.1 Å². The number of anilines is 3. The maximum absolute atomic E-state index is 5.39. The molecule has 0 aromatic heterocycles. The van der Waals surface area contributed by atoms with Gasteiger partial charge in [0.25, 0.3) is 0 Å². The average Bonchev–Trinajstić information content (AvgIpc) is 3.26. The van der Waals surface area contributed by atoms with Crippen LogP contribution in [0.3, 0.4) is 0 Å². The van der Waals surface area contributed by atoms with Gasteiger partial charge >= 0.3 is 0 Å². The van der Waals surface area contributed by atoms with Gasteiger partial charge in [-0.3, -0.25) is 0 Å². The smallest absolute Gasteiger partial charge is 0.134 e. The van der Waals surface area contributed by atoms with Crippen LogP contribution in [0.4, 0.5) is 17.1 Å². The molecule has 1 unspecified atom stereocenters. The predicted molar refractivity (Wildman–Crippen MR) is 231 cm³/mol. The quantitative estimate of drug-likeness (QED) is 0.193. The lowest BCUT2D eigenvalue weighted by molar-refractivity contribution is 0.782. The molecule has 258 valence electrons. The third kappa shape index (κ3) is 5.32. The zero-order valence-corrected chi connectivity index (χ0v) is 30.0. The first-order chi connectivity index (χ1) is 27.2. The van der Waals surface area contributed by atoms with Crippen LogP contribution in [0.5, 0.6) is 0 Å². The number of amidine groups is 1. The van der Waals surface area contributed by atoms with E-state index < -0.39 is 0 Å². The fourth-order valence-electron chi connectivity index (χ4n) is 8.52. The van der Waals surface area contributed by atoms with Crippen molar-refractivity contribution in [3.05, 3.63) is 217 Å². The van der Waals surface area contributed by atoms with Crippen LogP contribution in [0.15, 0.2) is 205 Å². The molecule has 0 fully saturated rings. The number of nitrogens with one attached hydrogen (secondary N) is 1. The van der Waals surface area contributed by atoms with Crippen LogP contribution in [0.2, 0.25) is 0 Å². The lowest BCUT2D eigenvalue weighted by Crippen LogP contribution is -2.31. The molecule has 0 bridgehead atoms. The molecule has 9 aromatic rings. The van der Waals surface area contributed by atoms with Crippen molar-refractivity contribution < 1.29 is 0 Å². The van der Waals surface area contributed by atoms with E-state index in [2.05, 4.69) is 210 Å². The van der Waals surface area contributed by atoms with E-state index >= 15 is 0 Å². The van der Waals surface area contributed by atoms with Gasteiger partial charge in [-0.2, -0.15) is 0 Å². The number of hydrogen-bond donors (Lipinski definition) is 1. The van der Waals surface area contributed by atoms with E-state index in [-0.39, 0.29) is 6.04 Å². The zero-order valence-electron chi connectivity index (χ0n) is 30.0. The summed E-state index contributed by atoms with van der Waals surface area (Å²) in [4.78, 5) is 7.81. The maximum atomic E-state index is 5.39. The Hall–Kier alpha value is -7.23. The van der Waals surface area contributed by atoms with Gasteiger partial charge in [-0.1, -0.05) is 158 Å². The van der Waals surface area contributed by atoms with Gasteiger partial charge in [0.2, 0.25) is 0 Å². The Morgan fingerprint density at radius 1 is 0.436 bits per heavy atom. The van der Waals surface area contributed by atoms with Crippen LogP contribution in [-0.2, 0) is 0 Å². The van der Waals surface area contributed by atoms with Gasteiger partial charge in [0.15, 0.2) is 0 Å². The molecule has 0 spiro atoms. The molecule has 9 aromatic carbocycles. The highest BCUT2D eigenvalue weighted by Crippen LogP contribution is 2.52. The van der Waals surface area contributed by atoms with Crippen molar-refractivity contribution in [1.82, 2.24) is 5.32 Å². The number of nitrogens with zero attached hydrogens (tertiary/aromatic N) is 2. The van der Waals surface area contributed by atoms with E-state index in [0.29, 0.717) is 0 Å². The van der Waals surface area contributed by atoms with E-state index in [9.17, 15) is 0 Å². The molecule has 0 radical (unpaired) electrons. The minimum Gasteiger partial charge on any atom is -0.359 e. The summed E-state index contributed by atoms with van der Waals surface area (Å²) in [5.74, 6) is 0.850. The van der Waals surface area contributed by atoms with Gasteiger partial charge in [0, 0.05) is 27.8 Å². The summed E-state index contributed by atoms with van der Waals surface area (Å²) in [7, 11) is 0. The van der Waals surface area contributed by atoms with E-state index in [0.717, 1.165) is 34.0 Å². The summed E-state index contributed by atoms with van der Waals surface area (Å²) >= 11 is 0. The molecule has 0 aliphatic carbocycles. The van der Waals surface area contributed by atoms with Crippen LogP contribution < -0.4 is 10.2 Å². The van der Waals surface area contributed by atoms with E-state index in [1.807, 2.05) is 0 Å². The number of fused-ring (bicyclic) bond motifs is 4. The van der Waals surface area contributed by atoms with Gasteiger partial charge in [-0.15, -0.1) is 0 Å². The Bertz CT molecular complexity index is 3020. The molecule has 0 amide bonds. The van der Waals surface area contributed by atoms with Crippen LogP contribution in [0.1, 0.15) is 22.7 Å². The first-order valence-electron chi connectivity index (χ1n) is 18.9. The molecule has 2 aliphatic rings. The van der Waals surface area contributed by atoms with Crippen molar-refractivity contribution >= 4 is 60.9 Å². The second kappa shape index (κ2) is 12.7. The molecule has 55 heavy (non-hydrogen) atoms. The first kappa shape index (κ1) is 31.3. The Morgan fingerprint density at radius 3 is 1.91 bits per heavy atom. The Labute approximate surface area is 320 Å². The van der Waals surface area contributed by atoms with Gasteiger partial charge in [-0.25, -0.2) is 4.99 Å². The highest BCUT2D eigenvalue weighted by molar-refractivity contribution is 6.18. The molecule has 1 atom stereocenters. The molecule has 11 rings (SSSR count). The topological polar surface area (TPSA) is 27.6 Å². The number of hydrogen-bond acceptors (Lipinski definition) is 3. The standard InChI is InChI=1S/C52H35N3/c1-3-14-36(15-4-1)43-28-29-49-51-45(43)20-11-21-46(51)44-27-26-41(32-50(44)55(49)42-18-5-2-6-19-42)52-53-47(39-24-22-34-12-7-9-16-37(34)30-39)33-48(54-52)40-25-23-35-13-8-10-17-38(35)31-40/h1-33,47H,(H,53,54). The van der Waals surface area contributed by atoms with Crippen molar-refractivity contribution in [2.24, 2.45) is 4.99 Å². The Balaban J connectivity index is 1.09. The molecule has 1 N–H and O–H groups in total. The summed E-state index contributed by atoms with van der Waals surface area (Å²) < 4.78 is 0. The molecule has 3 heteroatoms. The van der Waals surface area contributed by atoms with E-state index in [4.69, 9.17) is 4.99 Å². The second-order valence-corrected chi connectivity index (χ2v) is 14.4. The monoisotopic (exact) mass is 701 g/mol. The highest BCUT2D eigenvalue weighted by atomic mass is 15.2. The fraction of sp³-hybridized carbons (Fsp3) is 0.0192. The summed E-state index contributed by atoms with van der Waals surface area (Å²) in [5.41, 5.74) is 12.6. The van der Waals surface area contributed by atoms with Gasteiger partial charge < -0.3 is 10.2 Å². The molecule has 3 nitrogen and oxygen atoms in total. The molecular weight excluding hydrogens is 667 g/mol. The van der Waals surface area contributed by atoms with Crippen molar-refractivity contribution in [3.8, 4) is 22.3 Å². The van der Waals surface area contributed by atoms with E-state index in [1.165, 1.54) is 65.8 Å². The normalized spacial score (nSPS) is 14.7. The lowest BCUT2D eigenvalue weighted by atomic mass is 9.87. The van der Waals surface area contributed by atoms with Gasteiger partial charge in [-0.05, 0) is 91.7 Å². The minimum absolute atomic E-state index is 0.0780. The number of rotatable bonds is 5. The SMILES string of the molecule is C1=C(c2ccc3ccccc3c2)N=C(c2ccc3c(c2)N(c2ccccc2)c2ccc(-c4ccccc4)c4cccc-3c24)NC1c1ccc2ccccc2c1. The average molecular weight is 702 g/mol. The van der Waals surface area contributed by atoms with Crippen LogP contribution in [0, 0.1) is 0 Å². The number of benzene rings is 9. The number of aliphatic imine (C=N–C) groups is 1. The second-order valence-electron chi connectivity index (χ2n) is 14.4. The molecular formula is C52H35N3. The zero-order chi connectivity index (χ0) is 36.3. The van der Waals surface area contributed by atoms with Crippen molar-refractivity contribution in [2.45, 2.75) is 6.04 Å². The fourth-order valence-corrected chi connectivity index (χ4v) is 8.52. The first-order valence-corrected chi connectivity index (χ1v) is 18.9. The van der Waals surface area contributed by atoms with E-state index in [1.54, 1.807) is 0 Å². The van der Waals surface area contributed by atoms with Crippen LogP contribution in [0.25, 0.3) is 60.3 Å². The Kier molecular flexibility index (Phi) is 7.24. The highest BCUT2D eigenvalue weighted by Gasteiger charge is 2.29. The summed E-state index contributed by atoms with van der Waals surface area (Å²) in [6, 6.07) is 70.0. The van der Waals surface area contributed by atoms with Crippen molar-refractivity contribution in [3.63, 3.8) is 0 Å². The summed E-state index contributed by atoms with van der Waals surface area (Å²) in [6.07, 6.45) is 2.27. The number of para-hydroxylation sites is 1. The van der Waals surface area contributed by atoms with Crippen molar-refractivity contribution in [2.75, 3.05) is 4.90 Å². The summed E-state index contributed by atoms with van der Waals surface area (Å²) in [6.45, 7) is 0. The molecule has 0 saturated heterocycles. The minimum atomic E-state index is -0.0780. The largest absolute Gasteiger partial charge is 0.359 e. The van der Waals surface area contributed by atoms with Crippen molar-refractivity contribution in [1.29, 1.82) is 0 Å². The lowest BCUT2D eigenvalue weighted by Gasteiger charge is -2.34.